The van der Waals surface area contributed by atoms with E-state index in [1.807, 2.05) is 42.3 Å². The van der Waals surface area contributed by atoms with Gasteiger partial charge in [-0.2, -0.15) is 0 Å². The molecule has 0 unspecified atom stereocenters. The van der Waals surface area contributed by atoms with Crippen LogP contribution in [0.5, 0.6) is 0 Å². The van der Waals surface area contributed by atoms with Crippen LogP contribution in [0.4, 0.5) is 9.59 Å². The SMILES string of the molecule is C[N+](C)(C)CCOC(=O)NCCNC(=O)OCC[N+](C)(C)C.[I-].[I-]. The lowest BCUT2D eigenvalue weighted by Gasteiger charge is -2.23. The minimum Gasteiger partial charge on any atom is -1.00 e. The molecular formula is C14H32I2N4O4. The zero-order chi connectivity index (χ0) is 17.2. The number of ether oxygens (including phenoxy) is 2. The predicted molar refractivity (Wildman–Crippen MR) is 84.5 cm³/mol. The number of alkyl carbamates (subject to hydrolysis) is 2. The summed E-state index contributed by atoms with van der Waals surface area (Å²) in [5.41, 5.74) is 0. The highest BCUT2D eigenvalue weighted by atomic mass is 127. The molecule has 0 aromatic rings. The van der Waals surface area contributed by atoms with Crippen LogP contribution in [0.2, 0.25) is 0 Å². The molecule has 0 saturated heterocycles. The molecule has 0 heterocycles. The summed E-state index contributed by atoms with van der Waals surface area (Å²) < 4.78 is 11.5. The van der Waals surface area contributed by atoms with Crippen molar-refractivity contribution in [2.45, 2.75) is 0 Å². The molecule has 0 aromatic carbocycles. The summed E-state index contributed by atoms with van der Waals surface area (Å²) in [5, 5.41) is 5.13. The molecule has 0 saturated carbocycles. The number of carbonyl (C=O) groups excluding carboxylic acids is 2. The number of quaternary nitrogens is 2. The summed E-state index contributed by atoms with van der Waals surface area (Å²) >= 11 is 0. The number of nitrogens with one attached hydrogen (secondary N) is 2. The molecule has 0 atom stereocenters. The number of halogens is 2. The first-order valence-electron chi connectivity index (χ1n) is 7.42. The van der Waals surface area contributed by atoms with E-state index < -0.39 is 12.2 Å². The predicted octanol–water partition coefficient (Wildman–Crippen LogP) is -6.14. The van der Waals surface area contributed by atoms with E-state index in [1.165, 1.54) is 0 Å². The van der Waals surface area contributed by atoms with Gasteiger partial charge in [0.2, 0.25) is 0 Å². The summed E-state index contributed by atoms with van der Waals surface area (Å²) in [5.74, 6) is 0. The molecule has 0 aromatic heterocycles. The van der Waals surface area contributed by atoms with E-state index in [0.717, 1.165) is 22.1 Å². The van der Waals surface area contributed by atoms with Gasteiger partial charge < -0.3 is 77.0 Å². The summed E-state index contributed by atoms with van der Waals surface area (Å²) in [6, 6.07) is 0. The largest absolute Gasteiger partial charge is 1.00 e. The standard InChI is InChI=1S/C14H30N4O4.2HI/c1-17(2,3)9-11-21-13(19)15-7-8-16-14(20)22-12-10-18(4,5)6;;/h7-12H2,1-6H3;2*1H. The third-order valence-corrected chi connectivity index (χ3v) is 2.65. The maximum absolute atomic E-state index is 11.4. The highest BCUT2D eigenvalue weighted by Gasteiger charge is 2.10. The van der Waals surface area contributed by atoms with Crippen LogP contribution in [0.25, 0.3) is 0 Å². The van der Waals surface area contributed by atoms with Crippen molar-refractivity contribution < 1.29 is 76.0 Å². The van der Waals surface area contributed by atoms with Crippen molar-refractivity contribution in [2.75, 3.05) is 81.7 Å². The molecule has 0 bridgehead atoms. The van der Waals surface area contributed by atoms with E-state index in [9.17, 15) is 9.59 Å². The fraction of sp³-hybridized carbons (Fsp3) is 0.857. The Balaban J connectivity index is -0.00000220. The number of hydrogen-bond donors (Lipinski definition) is 2. The second-order valence-electron chi connectivity index (χ2n) is 7.15. The number of nitrogens with zero attached hydrogens (tertiary/aromatic N) is 2. The van der Waals surface area contributed by atoms with Gasteiger partial charge in [-0.05, 0) is 0 Å². The quantitative estimate of drug-likeness (QED) is 0.164. The maximum atomic E-state index is 11.4. The van der Waals surface area contributed by atoms with Crippen molar-refractivity contribution in [3.8, 4) is 0 Å². The Morgan fingerprint density at radius 3 is 1.25 bits per heavy atom. The number of amides is 2. The first-order valence-corrected chi connectivity index (χ1v) is 7.42. The number of hydrogen-bond acceptors (Lipinski definition) is 4. The van der Waals surface area contributed by atoms with Crippen molar-refractivity contribution in [3.05, 3.63) is 0 Å². The van der Waals surface area contributed by atoms with Crippen LogP contribution in [0.1, 0.15) is 0 Å². The van der Waals surface area contributed by atoms with Crippen molar-refractivity contribution in [3.63, 3.8) is 0 Å². The third-order valence-electron chi connectivity index (χ3n) is 2.65. The Labute approximate surface area is 179 Å². The Bertz CT molecular complexity index is 324. The van der Waals surface area contributed by atoms with Gasteiger partial charge in [-0.25, -0.2) is 9.59 Å². The van der Waals surface area contributed by atoms with Crippen molar-refractivity contribution in [1.29, 1.82) is 0 Å². The van der Waals surface area contributed by atoms with Gasteiger partial charge in [0.15, 0.2) is 0 Å². The Hall–Kier alpha value is -0.0800. The zero-order valence-electron chi connectivity index (χ0n) is 15.5. The van der Waals surface area contributed by atoms with E-state index in [4.69, 9.17) is 9.47 Å². The van der Waals surface area contributed by atoms with Gasteiger partial charge in [0, 0.05) is 13.1 Å². The first kappa shape index (κ1) is 28.7. The van der Waals surface area contributed by atoms with Crippen LogP contribution in [0, 0.1) is 0 Å². The van der Waals surface area contributed by atoms with Crippen molar-refractivity contribution >= 4 is 12.2 Å². The minimum atomic E-state index is -0.478. The first-order chi connectivity index (χ1) is 9.99. The van der Waals surface area contributed by atoms with Crippen LogP contribution in [0.15, 0.2) is 0 Å². The van der Waals surface area contributed by atoms with Gasteiger partial charge in [-0.15, -0.1) is 0 Å². The maximum Gasteiger partial charge on any atom is 0.407 e. The summed E-state index contributed by atoms with van der Waals surface area (Å²) in [6.07, 6.45) is -0.956. The average Bonchev–Trinajstić information content (AvgIpc) is 2.31. The molecule has 24 heavy (non-hydrogen) atoms. The molecule has 10 heteroatoms. The van der Waals surface area contributed by atoms with E-state index in [2.05, 4.69) is 10.6 Å². The van der Waals surface area contributed by atoms with Crippen molar-refractivity contribution in [2.24, 2.45) is 0 Å². The molecule has 146 valence electrons. The van der Waals surface area contributed by atoms with E-state index in [1.54, 1.807) is 0 Å². The molecule has 0 aliphatic heterocycles. The van der Waals surface area contributed by atoms with Crippen LogP contribution < -0.4 is 58.6 Å². The lowest BCUT2D eigenvalue weighted by atomic mass is 10.5. The molecule has 8 nitrogen and oxygen atoms in total. The second kappa shape index (κ2) is 14.1. The Kier molecular flexibility index (Phi) is 16.9. The van der Waals surface area contributed by atoms with Gasteiger partial charge >= 0.3 is 12.2 Å². The lowest BCUT2D eigenvalue weighted by Crippen LogP contribution is -3.00. The van der Waals surface area contributed by atoms with Gasteiger partial charge in [0.05, 0.1) is 42.3 Å². The topological polar surface area (TPSA) is 76.7 Å². The fourth-order valence-corrected chi connectivity index (χ4v) is 1.26. The number of carbonyl (C=O) groups is 2. The third kappa shape index (κ3) is 21.9. The van der Waals surface area contributed by atoms with Crippen LogP contribution in [0.3, 0.4) is 0 Å². The molecule has 0 spiro atoms. The van der Waals surface area contributed by atoms with Gasteiger partial charge in [0.1, 0.15) is 26.3 Å². The summed E-state index contributed by atoms with van der Waals surface area (Å²) in [7, 11) is 12.1. The molecule has 2 amide bonds. The zero-order valence-corrected chi connectivity index (χ0v) is 19.8. The highest BCUT2D eigenvalue weighted by Crippen LogP contribution is 1.90. The van der Waals surface area contributed by atoms with Gasteiger partial charge in [-0.3, -0.25) is 0 Å². The molecule has 2 N–H and O–H groups in total. The van der Waals surface area contributed by atoms with E-state index >= 15 is 0 Å². The molecule has 0 fully saturated rings. The van der Waals surface area contributed by atoms with Crippen LogP contribution >= 0.6 is 0 Å². The number of rotatable bonds is 9. The molecular weight excluding hydrogens is 542 g/mol. The van der Waals surface area contributed by atoms with Crippen molar-refractivity contribution in [1.82, 2.24) is 10.6 Å². The summed E-state index contributed by atoms with van der Waals surface area (Å²) in [4.78, 5) is 22.7. The second-order valence-corrected chi connectivity index (χ2v) is 7.15. The Morgan fingerprint density at radius 2 is 1.00 bits per heavy atom. The van der Waals surface area contributed by atoms with Crippen LogP contribution in [-0.4, -0.2) is 103 Å². The average molecular weight is 574 g/mol. The van der Waals surface area contributed by atoms with Crippen LogP contribution in [-0.2, 0) is 9.47 Å². The number of likely N-dealkylation sites (N-methyl/N-ethyl adjacent to an activating group) is 2. The lowest BCUT2D eigenvalue weighted by molar-refractivity contribution is -0.870. The molecule has 0 rings (SSSR count). The van der Waals surface area contributed by atoms with Gasteiger partial charge in [-0.1, -0.05) is 0 Å². The fourth-order valence-electron chi connectivity index (χ4n) is 1.26. The van der Waals surface area contributed by atoms with E-state index in [0.29, 0.717) is 26.3 Å². The highest BCUT2D eigenvalue weighted by molar-refractivity contribution is 5.68. The molecule has 0 aliphatic rings. The molecule has 0 radical (unpaired) electrons. The van der Waals surface area contributed by atoms with Gasteiger partial charge in [0.25, 0.3) is 0 Å². The van der Waals surface area contributed by atoms with E-state index in [-0.39, 0.29) is 48.0 Å². The molecule has 0 aliphatic carbocycles. The minimum absolute atomic E-state index is 0. The smallest absolute Gasteiger partial charge is 0.407 e. The normalized spacial score (nSPS) is 10.8. The summed E-state index contributed by atoms with van der Waals surface area (Å²) in [6.45, 7) is 2.79. The monoisotopic (exact) mass is 574 g/mol. The Morgan fingerprint density at radius 1 is 0.708 bits per heavy atom.